The molecule has 34 heavy (non-hydrogen) atoms. The van der Waals surface area contributed by atoms with E-state index in [0.29, 0.717) is 30.0 Å². The van der Waals surface area contributed by atoms with Gasteiger partial charge in [0.15, 0.2) is 5.78 Å². The number of pyridine rings is 1. The second-order valence-corrected chi connectivity index (χ2v) is 11.8. The predicted molar refractivity (Wildman–Crippen MR) is 134 cm³/mol. The van der Waals surface area contributed by atoms with Crippen LogP contribution in [0.1, 0.15) is 71.5 Å². The highest BCUT2D eigenvalue weighted by Gasteiger charge is 2.49. The molecule has 6 nitrogen and oxygen atoms in total. The number of ketones is 1. The average Bonchev–Trinajstić information content (AvgIpc) is 3.26. The minimum atomic E-state index is -0.126. The molecule has 1 saturated heterocycles. The third-order valence-corrected chi connectivity index (χ3v) is 8.46. The number of likely N-dealkylation sites (tertiary alicyclic amines) is 1. The van der Waals surface area contributed by atoms with E-state index in [0.717, 1.165) is 40.6 Å². The quantitative estimate of drug-likeness (QED) is 0.489. The van der Waals surface area contributed by atoms with E-state index in [2.05, 4.69) is 30.7 Å². The van der Waals surface area contributed by atoms with Gasteiger partial charge in [0.05, 0.1) is 12.6 Å². The van der Waals surface area contributed by atoms with Crippen molar-refractivity contribution in [3.8, 4) is 5.75 Å². The summed E-state index contributed by atoms with van der Waals surface area (Å²) in [6, 6.07) is 5.74. The lowest BCUT2D eigenvalue weighted by Gasteiger charge is -2.52. The monoisotopic (exact) mass is 477 g/mol. The lowest BCUT2D eigenvalue weighted by molar-refractivity contribution is -0.00202. The number of methoxy groups -OCH3 is 1. The number of rotatable bonds is 2. The molecule has 1 spiro atoms. The third-order valence-electron chi connectivity index (χ3n) is 7.63. The maximum absolute atomic E-state index is 13.9. The number of amides is 1. The number of hydrogen-bond acceptors (Lipinski definition) is 6. The Labute approximate surface area is 204 Å². The summed E-state index contributed by atoms with van der Waals surface area (Å²) in [5, 5.41) is 1.89. The molecule has 7 heteroatoms. The standard InChI is InChI=1S/C27H31N3O3S/c1-16-19-10-17(11-21(33-5)18(19)6-8-28-16)25(32)30-9-7-27(14-23(30)26(2,3)4)12-20(31)24-22(13-27)34-15-29-24/h6,8,10-11,15,23H,7,9,12-14H2,1-5H3. The van der Waals surface area contributed by atoms with Crippen LogP contribution in [0.15, 0.2) is 29.9 Å². The number of aryl methyl sites for hydroxylation is 1. The summed E-state index contributed by atoms with van der Waals surface area (Å²) < 4.78 is 5.64. The number of ether oxygens (including phenoxy) is 1. The zero-order chi connectivity index (χ0) is 24.3. The van der Waals surface area contributed by atoms with E-state index >= 15 is 0 Å². The van der Waals surface area contributed by atoms with Crippen LogP contribution in [0.2, 0.25) is 0 Å². The number of nitrogens with zero attached hydrogens (tertiary/aromatic N) is 3. The summed E-state index contributed by atoms with van der Waals surface area (Å²) in [6.07, 6.45) is 4.80. The Kier molecular flexibility index (Phi) is 5.51. The largest absolute Gasteiger partial charge is 0.496 e. The van der Waals surface area contributed by atoms with Gasteiger partial charge in [0.2, 0.25) is 0 Å². The number of Topliss-reactive ketones (excluding diaryl/α,β-unsaturated/α-hetero) is 1. The normalized spacial score (nSPS) is 22.8. The van der Waals surface area contributed by atoms with Crippen molar-refractivity contribution in [2.75, 3.05) is 13.7 Å². The van der Waals surface area contributed by atoms with Gasteiger partial charge in [-0.2, -0.15) is 0 Å². The molecule has 2 atom stereocenters. The molecule has 2 aliphatic rings. The molecule has 0 radical (unpaired) electrons. The summed E-state index contributed by atoms with van der Waals surface area (Å²) in [7, 11) is 1.63. The van der Waals surface area contributed by atoms with Crippen LogP contribution in [0.3, 0.4) is 0 Å². The van der Waals surface area contributed by atoms with Crippen molar-refractivity contribution in [2.24, 2.45) is 10.8 Å². The van der Waals surface area contributed by atoms with Crippen molar-refractivity contribution < 1.29 is 14.3 Å². The molecule has 0 saturated carbocycles. The molecule has 0 N–H and O–H groups in total. The summed E-state index contributed by atoms with van der Waals surface area (Å²) in [5.41, 5.74) is 3.71. The molecule has 1 aromatic carbocycles. The number of thiazole rings is 1. The van der Waals surface area contributed by atoms with Gasteiger partial charge >= 0.3 is 0 Å². The molecule has 1 amide bonds. The Hall–Kier alpha value is -2.80. The van der Waals surface area contributed by atoms with Crippen molar-refractivity contribution in [2.45, 2.75) is 59.4 Å². The van der Waals surface area contributed by atoms with Crippen molar-refractivity contribution in [3.05, 3.63) is 51.7 Å². The zero-order valence-corrected chi connectivity index (χ0v) is 21.3. The lowest BCUT2D eigenvalue weighted by atomic mass is 9.63. The zero-order valence-electron chi connectivity index (χ0n) is 20.5. The minimum absolute atomic E-state index is 0.0128. The van der Waals surface area contributed by atoms with E-state index in [1.54, 1.807) is 30.2 Å². The number of piperidine rings is 1. The molecular weight excluding hydrogens is 446 g/mol. The Morgan fingerprint density at radius 2 is 2.00 bits per heavy atom. The molecule has 0 bridgehead atoms. The number of carbonyl (C=O) groups excluding carboxylic acids is 2. The van der Waals surface area contributed by atoms with Gasteiger partial charge in [-0.15, -0.1) is 11.3 Å². The Balaban J connectivity index is 1.50. The molecule has 178 valence electrons. The van der Waals surface area contributed by atoms with Gasteiger partial charge in [-0.05, 0) is 55.2 Å². The van der Waals surface area contributed by atoms with Crippen LogP contribution in [0.4, 0.5) is 0 Å². The Morgan fingerprint density at radius 1 is 1.21 bits per heavy atom. The van der Waals surface area contributed by atoms with Crippen molar-refractivity contribution in [1.82, 2.24) is 14.9 Å². The number of carbonyl (C=O) groups is 2. The topological polar surface area (TPSA) is 72.4 Å². The van der Waals surface area contributed by atoms with E-state index in [1.807, 2.05) is 30.0 Å². The number of fused-ring (bicyclic) bond motifs is 2. The SMILES string of the molecule is COc1cc(C(=O)N2CCC3(CC(=O)c4ncsc4C3)CC2C(C)(C)C)cc2c(C)nccc12. The molecule has 5 rings (SSSR count). The fraction of sp³-hybridized carbons (Fsp3) is 0.481. The van der Waals surface area contributed by atoms with Crippen LogP contribution < -0.4 is 4.74 Å². The molecule has 1 aliphatic carbocycles. The number of hydrogen-bond donors (Lipinski definition) is 0. The highest BCUT2D eigenvalue weighted by atomic mass is 32.1. The molecule has 1 fully saturated rings. The summed E-state index contributed by atoms with van der Waals surface area (Å²) in [6.45, 7) is 9.15. The first-order valence-electron chi connectivity index (χ1n) is 11.8. The van der Waals surface area contributed by atoms with Crippen LogP contribution in [0, 0.1) is 17.8 Å². The third kappa shape index (κ3) is 3.80. The van der Waals surface area contributed by atoms with Crippen molar-refractivity contribution in [3.63, 3.8) is 0 Å². The van der Waals surface area contributed by atoms with Crippen LogP contribution in [-0.4, -0.2) is 46.3 Å². The average molecular weight is 478 g/mol. The molecular formula is C27H31N3O3S. The van der Waals surface area contributed by atoms with Gasteiger partial charge in [0, 0.05) is 52.1 Å². The van der Waals surface area contributed by atoms with Crippen LogP contribution in [0.25, 0.3) is 10.8 Å². The van der Waals surface area contributed by atoms with Gasteiger partial charge < -0.3 is 9.64 Å². The first kappa shape index (κ1) is 23.0. The van der Waals surface area contributed by atoms with Crippen LogP contribution in [-0.2, 0) is 6.42 Å². The van der Waals surface area contributed by atoms with E-state index < -0.39 is 0 Å². The highest BCUT2D eigenvalue weighted by molar-refractivity contribution is 7.10. The van der Waals surface area contributed by atoms with E-state index in [1.165, 1.54) is 0 Å². The Morgan fingerprint density at radius 3 is 2.74 bits per heavy atom. The Bertz CT molecular complexity index is 1290. The first-order chi connectivity index (χ1) is 16.1. The fourth-order valence-corrected chi connectivity index (χ4v) is 6.73. The summed E-state index contributed by atoms with van der Waals surface area (Å²) in [5.74, 6) is 0.846. The minimum Gasteiger partial charge on any atom is -0.496 e. The maximum atomic E-state index is 13.9. The smallest absolute Gasteiger partial charge is 0.254 e. The van der Waals surface area contributed by atoms with Crippen molar-refractivity contribution >= 4 is 33.8 Å². The van der Waals surface area contributed by atoms with Crippen molar-refractivity contribution in [1.29, 1.82) is 0 Å². The highest BCUT2D eigenvalue weighted by Crippen LogP contribution is 2.49. The van der Waals surface area contributed by atoms with Crippen LogP contribution >= 0.6 is 11.3 Å². The van der Waals surface area contributed by atoms with Gasteiger partial charge in [0.1, 0.15) is 11.4 Å². The maximum Gasteiger partial charge on any atom is 0.254 e. The summed E-state index contributed by atoms with van der Waals surface area (Å²) in [4.78, 5) is 38.7. The molecule has 1 aliphatic heterocycles. The summed E-state index contributed by atoms with van der Waals surface area (Å²) >= 11 is 1.58. The fourth-order valence-electron chi connectivity index (χ4n) is 5.77. The molecule has 2 aromatic heterocycles. The van der Waals surface area contributed by atoms with E-state index in [-0.39, 0.29) is 28.6 Å². The first-order valence-corrected chi connectivity index (χ1v) is 12.7. The van der Waals surface area contributed by atoms with Gasteiger partial charge in [-0.3, -0.25) is 14.6 Å². The number of benzene rings is 1. The molecule has 3 aromatic rings. The molecule has 2 unspecified atom stereocenters. The van der Waals surface area contributed by atoms with Gasteiger partial charge in [0.25, 0.3) is 5.91 Å². The second kappa shape index (κ2) is 8.15. The van der Waals surface area contributed by atoms with Gasteiger partial charge in [-0.1, -0.05) is 20.8 Å². The second-order valence-electron chi connectivity index (χ2n) is 10.9. The van der Waals surface area contributed by atoms with E-state index in [4.69, 9.17) is 4.74 Å². The van der Waals surface area contributed by atoms with E-state index in [9.17, 15) is 9.59 Å². The van der Waals surface area contributed by atoms with Gasteiger partial charge in [-0.25, -0.2) is 4.98 Å². The van der Waals surface area contributed by atoms with Crippen LogP contribution in [0.5, 0.6) is 5.75 Å². The predicted octanol–water partition coefficient (Wildman–Crippen LogP) is 5.47. The number of aromatic nitrogens is 2. The molecule has 3 heterocycles. The lowest BCUT2D eigenvalue weighted by Crippen LogP contribution is -2.56.